The molecule has 1 rings (SSSR count). The highest BCUT2D eigenvalue weighted by Crippen LogP contribution is 2.31. The van der Waals surface area contributed by atoms with E-state index in [0.717, 1.165) is 19.0 Å². The Morgan fingerprint density at radius 3 is 2.55 bits per heavy atom. The number of rotatable bonds is 7. The van der Waals surface area contributed by atoms with E-state index in [4.69, 9.17) is 4.74 Å². The molecular weight excluding hydrogens is 267 g/mol. The molecule has 0 aliphatic carbocycles. The summed E-state index contributed by atoms with van der Waals surface area (Å²) in [7, 11) is 1.60. The lowest BCUT2D eigenvalue weighted by atomic mass is 9.98. The van der Waals surface area contributed by atoms with Crippen molar-refractivity contribution in [1.82, 2.24) is 5.32 Å². The largest absolute Gasteiger partial charge is 0.416 e. The maximum atomic E-state index is 12.8. The van der Waals surface area contributed by atoms with E-state index in [1.54, 1.807) is 13.2 Å². The Labute approximate surface area is 118 Å². The normalized spacial score (nSPS) is 15.1. The minimum atomic E-state index is -4.31. The van der Waals surface area contributed by atoms with Gasteiger partial charge in [0.2, 0.25) is 0 Å². The third kappa shape index (κ3) is 5.13. The van der Waals surface area contributed by atoms with Crippen molar-refractivity contribution in [2.45, 2.75) is 45.0 Å². The molecule has 0 saturated heterocycles. The number of benzene rings is 1. The van der Waals surface area contributed by atoms with E-state index >= 15 is 0 Å². The van der Waals surface area contributed by atoms with Crippen molar-refractivity contribution in [3.8, 4) is 0 Å². The van der Waals surface area contributed by atoms with Crippen LogP contribution in [0.15, 0.2) is 24.3 Å². The lowest BCUT2D eigenvalue weighted by Crippen LogP contribution is -2.26. The smallest absolute Gasteiger partial charge is 0.382 e. The van der Waals surface area contributed by atoms with Crippen LogP contribution >= 0.6 is 0 Å². The van der Waals surface area contributed by atoms with Gasteiger partial charge in [-0.2, -0.15) is 13.2 Å². The summed E-state index contributed by atoms with van der Waals surface area (Å²) in [5.74, 6) is 0. The molecule has 0 bridgehead atoms. The van der Waals surface area contributed by atoms with Gasteiger partial charge in [0.25, 0.3) is 0 Å². The minimum Gasteiger partial charge on any atom is -0.382 e. The highest BCUT2D eigenvalue weighted by Gasteiger charge is 2.31. The topological polar surface area (TPSA) is 21.3 Å². The zero-order valence-corrected chi connectivity index (χ0v) is 12.1. The zero-order valence-electron chi connectivity index (χ0n) is 12.1. The fourth-order valence-corrected chi connectivity index (χ4v) is 2.02. The monoisotopic (exact) mass is 289 g/mol. The lowest BCUT2D eigenvalue weighted by Gasteiger charge is -2.23. The number of halogens is 3. The summed E-state index contributed by atoms with van der Waals surface area (Å²) in [4.78, 5) is 0. The predicted octanol–water partition coefficient (Wildman–Crippen LogP) is 4.17. The van der Waals surface area contributed by atoms with Crippen molar-refractivity contribution < 1.29 is 17.9 Å². The zero-order chi connectivity index (χ0) is 15.2. The first kappa shape index (κ1) is 17.0. The van der Waals surface area contributed by atoms with Crippen LogP contribution in [0.4, 0.5) is 13.2 Å². The summed E-state index contributed by atoms with van der Waals surface area (Å²) in [5.41, 5.74) is 0.0422. The van der Waals surface area contributed by atoms with Crippen LogP contribution < -0.4 is 5.32 Å². The molecule has 1 aromatic carbocycles. The molecule has 1 aromatic rings. The maximum Gasteiger partial charge on any atom is 0.416 e. The van der Waals surface area contributed by atoms with Gasteiger partial charge in [-0.3, -0.25) is 0 Å². The number of nitrogens with one attached hydrogen (secondary N) is 1. The van der Waals surface area contributed by atoms with Gasteiger partial charge in [-0.15, -0.1) is 0 Å². The Balaban J connectivity index is 2.94. The first-order valence-corrected chi connectivity index (χ1v) is 6.81. The molecule has 1 N–H and O–H groups in total. The second-order valence-corrected chi connectivity index (χ2v) is 4.91. The predicted molar refractivity (Wildman–Crippen MR) is 73.6 cm³/mol. The van der Waals surface area contributed by atoms with Crippen LogP contribution in [0.5, 0.6) is 0 Å². The van der Waals surface area contributed by atoms with E-state index in [2.05, 4.69) is 5.32 Å². The molecule has 0 saturated carbocycles. The second kappa shape index (κ2) is 7.64. The van der Waals surface area contributed by atoms with Crippen molar-refractivity contribution in [2.24, 2.45) is 0 Å². The van der Waals surface area contributed by atoms with Gasteiger partial charge in [-0.05, 0) is 44.0 Å². The molecule has 2 unspecified atom stereocenters. The third-order valence-corrected chi connectivity index (χ3v) is 3.23. The van der Waals surface area contributed by atoms with Gasteiger partial charge in [-0.1, -0.05) is 19.1 Å². The molecule has 2 atom stereocenters. The number of ether oxygens (including phenoxy) is 1. The molecule has 0 heterocycles. The fourth-order valence-electron chi connectivity index (χ4n) is 2.02. The number of hydrogen-bond donors (Lipinski definition) is 1. The summed E-state index contributed by atoms with van der Waals surface area (Å²) >= 11 is 0. The maximum absolute atomic E-state index is 12.8. The third-order valence-electron chi connectivity index (χ3n) is 3.23. The molecule has 114 valence electrons. The summed E-state index contributed by atoms with van der Waals surface area (Å²) in [6.07, 6.45) is -2.76. The van der Waals surface area contributed by atoms with Crippen molar-refractivity contribution in [1.29, 1.82) is 0 Å². The SMILES string of the molecule is CCCNC(CC(C)OC)c1cccc(C(F)(F)F)c1. The van der Waals surface area contributed by atoms with Crippen LogP contribution in [0.1, 0.15) is 43.9 Å². The first-order valence-electron chi connectivity index (χ1n) is 6.81. The van der Waals surface area contributed by atoms with Crippen LogP contribution in [0.3, 0.4) is 0 Å². The van der Waals surface area contributed by atoms with Gasteiger partial charge in [0.15, 0.2) is 0 Å². The summed E-state index contributed by atoms with van der Waals surface area (Å²) < 4.78 is 43.5. The van der Waals surface area contributed by atoms with Crippen molar-refractivity contribution in [3.63, 3.8) is 0 Å². The number of hydrogen-bond acceptors (Lipinski definition) is 2. The van der Waals surface area contributed by atoms with E-state index in [1.165, 1.54) is 12.1 Å². The molecule has 0 aliphatic rings. The lowest BCUT2D eigenvalue weighted by molar-refractivity contribution is -0.137. The summed E-state index contributed by atoms with van der Waals surface area (Å²) in [5, 5.41) is 3.28. The van der Waals surface area contributed by atoms with Gasteiger partial charge < -0.3 is 10.1 Å². The summed E-state index contributed by atoms with van der Waals surface area (Å²) in [6.45, 7) is 4.70. The average molecular weight is 289 g/mol. The molecule has 0 spiro atoms. The molecule has 0 aromatic heterocycles. The molecule has 0 amide bonds. The quantitative estimate of drug-likeness (QED) is 0.813. The molecule has 0 fully saturated rings. The average Bonchev–Trinajstić information content (AvgIpc) is 2.42. The number of alkyl halides is 3. The Hall–Kier alpha value is -1.07. The Kier molecular flexibility index (Phi) is 6.49. The standard InChI is InChI=1S/C15H22F3NO/c1-4-8-19-14(9-11(2)20-3)12-6-5-7-13(10-12)15(16,17)18/h5-7,10-11,14,19H,4,8-9H2,1-3H3. The van der Waals surface area contributed by atoms with E-state index in [1.807, 2.05) is 13.8 Å². The van der Waals surface area contributed by atoms with E-state index in [9.17, 15) is 13.2 Å². The van der Waals surface area contributed by atoms with Crippen LogP contribution in [-0.4, -0.2) is 19.8 Å². The van der Waals surface area contributed by atoms with Crippen LogP contribution in [0.25, 0.3) is 0 Å². The van der Waals surface area contributed by atoms with Gasteiger partial charge >= 0.3 is 6.18 Å². The summed E-state index contributed by atoms with van der Waals surface area (Å²) in [6, 6.07) is 5.36. The molecule has 2 nitrogen and oxygen atoms in total. The second-order valence-electron chi connectivity index (χ2n) is 4.91. The Bertz CT molecular complexity index is 406. The van der Waals surface area contributed by atoms with Crippen LogP contribution in [0.2, 0.25) is 0 Å². The molecule has 0 aliphatic heterocycles. The first-order chi connectivity index (χ1) is 9.38. The highest BCUT2D eigenvalue weighted by atomic mass is 19.4. The van der Waals surface area contributed by atoms with Crippen LogP contribution in [-0.2, 0) is 10.9 Å². The molecule has 20 heavy (non-hydrogen) atoms. The van der Waals surface area contributed by atoms with E-state index in [0.29, 0.717) is 12.0 Å². The highest BCUT2D eigenvalue weighted by molar-refractivity contribution is 5.28. The molecule has 5 heteroatoms. The van der Waals surface area contributed by atoms with Gasteiger partial charge in [0, 0.05) is 13.2 Å². The Morgan fingerprint density at radius 1 is 1.30 bits per heavy atom. The van der Waals surface area contributed by atoms with Gasteiger partial charge in [0.1, 0.15) is 0 Å². The van der Waals surface area contributed by atoms with E-state index in [-0.39, 0.29) is 12.1 Å². The minimum absolute atomic E-state index is 0.0149. The van der Waals surface area contributed by atoms with Gasteiger partial charge in [-0.25, -0.2) is 0 Å². The van der Waals surface area contributed by atoms with Crippen molar-refractivity contribution in [2.75, 3.05) is 13.7 Å². The number of methoxy groups -OCH3 is 1. The van der Waals surface area contributed by atoms with Crippen LogP contribution in [0, 0.1) is 0 Å². The molecule has 0 radical (unpaired) electrons. The van der Waals surface area contributed by atoms with E-state index < -0.39 is 11.7 Å². The Morgan fingerprint density at radius 2 is 2.00 bits per heavy atom. The fraction of sp³-hybridized carbons (Fsp3) is 0.600. The van der Waals surface area contributed by atoms with Crippen molar-refractivity contribution >= 4 is 0 Å². The molecular formula is C15H22F3NO. The van der Waals surface area contributed by atoms with Gasteiger partial charge in [0.05, 0.1) is 11.7 Å². The van der Waals surface area contributed by atoms with Crippen molar-refractivity contribution in [3.05, 3.63) is 35.4 Å².